The largest absolute Gasteiger partial charge is 0.321 e. The van der Waals surface area contributed by atoms with Gasteiger partial charge in [0.25, 0.3) is 5.91 Å². The molecule has 1 heterocycles. The maximum Gasteiger partial charge on any atom is 0.265 e. The first-order valence-electron chi connectivity index (χ1n) is 6.54. The summed E-state index contributed by atoms with van der Waals surface area (Å²) < 4.78 is 13.3. The van der Waals surface area contributed by atoms with E-state index in [2.05, 4.69) is 5.32 Å². The Hall–Kier alpha value is -2.17. The minimum Gasteiger partial charge on any atom is -0.321 e. The van der Waals surface area contributed by atoms with E-state index >= 15 is 0 Å². The highest BCUT2D eigenvalue weighted by molar-refractivity contribution is 7.17. The number of hydrogen-bond acceptors (Lipinski definition) is 2. The first-order valence-corrected chi connectivity index (χ1v) is 7.74. The molecule has 5 heteroatoms. The fraction of sp³-hybridized carbons (Fsp3) is 0. The Morgan fingerprint density at radius 3 is 2.55 bits per heavy atom. The van der Waals surface area contributed by atoms with Gasteiger partial charge in [-0.05, 0) is 54.1 Å². The van der Waals surface area contributed by atoms with Crippen LogP contribution in [0.4, 0.5) is 10.1 Å². The van der Waals surface area contributed by atoms with E-state index in [0.717, 1.165) is 10.4 Å². The molecule has 0 unspecified atom stereocenters. The number of carbonyl (C=O) groups is 1. The number of benzene rings is 2. The summed E-state index contributed by atoms with van der Waals surface area (Å²) in [6.45, 7) is 0. The lowest BCUT2D eigenvalue weighted by Crippen LogP contribution is -2.09. The third-order valence-corrected chi connectivity index (χ3v) is 4.43. The van der Waals surface area contributed by atoms with Crippen LogP contribution < -0.4 is 5.32 Å². The minimum absolute atomic E-state index is 0.199. The van der Waals surface area contributed by atoms with Crippen LogP contribution in [0.15, 0.2) is 60.7 Å². The van der Waals surface area contributed by atoms with E-state index in [9.17, 15) is 9.18 Å². The van der Waals surface area contributed by atoms with Crippen molar-refractivity contribution in [3.05, 3.63) is 76.4 Å². The number of anilines is 1. The summed E-state index contributed by atoms with van der Waals surface area (Å²) in [5.74, 6) is -0.493. The van der Waals surface area contributed by atoms with E-state index in [4.69, 9.17) is 11.6 Å². The molecule has 1 N–H and O–H groups in total. The lowest BCUT2D eigenvalue weighted by Gasteiger charge is -2.03. The van der Waals surface area contributed by atoms with Crippen LogP contribution in [0.2, 0.25) is 5.02 Å². The molecule has 1 aromatic heterocycles. The van der Waals surface area contributed by atoms with Crippen LogP contribution in [0.1, 0.15) is 9.67 Å². The van der Waals surface area contributed by atoms with Crippen LogP contribution in [-0.2, 0) is 0 Å². The molecule has 0 atom stereocenters. The van der Waals surface area contributed by atoms with E-state index in [1.165, 1.54) is 23.5 Å². The summed E-state index contributed by atoms with van der Waals surface area (Å²) in [6.07, 6.45) is 0. The average molecular weight is 332 g/mol. The van der Waals surface area contributed by atoms with Gasteiger partial charge >= 0.3 is 0 Å². The summed E-state index contributed by atoms with van der Waals surface area (Å²) in [5, 5.41) is 3.41. The van der Waals surface area contributed by atoms with E-state index in [0.29, 0.717) is 15.6 Å². The molecule has 0 spiro atoms. The third kappa shape index (κ3) is 3.35. The van der Waals surface area contributed by atoms with E-state index in [1.807, 2.05) is 12.1 Å². The molecule has 0 saturated heterocycles. The lowest BCUT2D eigenvalue weighted by molar-refractivity contribution is 0.103. The quantitative estimate of drug-likeness (QED) is 0.678. The highest BCUT2D eigenvalue weighted by Crippen LogP contribution is 2.29. The monoisotopic (exact) mass is 331 g/mol. The molecular weight excluding hydrogens is 321 g/mol. The summed E-state index contributed by atoms with van der Waals surface area (Å²) in [4.78, 5) is 13.6. The van der Waals surface area contributed by atoms with Gasteiger partial charge in [0, 0.05) is 15.6 Å². The van der Waals surface area contributed by atoms with Gasteiger partial charge in [-0.3, -0.25) is 4.79 Å². The molecule has 0 fully saturated rings. The molecule has 2 nitrogen and oxygen atoms in total. The van der Waals surface area contributed by atoms with Crippen LogP contribution in [0.25, 0.3) is 10.4 Å². The van der Waals surface area contributed by atoms with Crippen LogP contribution in [0.5, 0.6) is 0 Å². The fourth-order valence-electron chi connectivity index (χ4n) is 1.98. The predicted molar refractivity (Wildman–Crippen MR) is 89.1 cm³/mol. The van der Waals surface area contributed by atoms with Crippen LogP contribution in [0.3, 0.4) is 0 Å². The number of nitrogens with one attached hydrogen (secondary N) is 1. The second-order valence-electron chi connectivity index (χ2n) is 4.64. The zero-order valence-corrected chi connectivity index (χ0v) is 12.9. The summed E-state index contributed by atoms with van der Waals surface area (Å²) in [7, 11) is 0. The number of rotatable bonds is 3. The van der Waals surface area contributed by atoms with Gasteiger partial charge in [0.15, 0.2) is 0 Å². The van der Waals surface area contributed by atoms with Gasteiger partial charge in [0.2, 0.25) is 0 Å². The maximum absolute atomic E-state index is 13.3. The van der Waals surface area contributed by atoms with Gasteiger partial charge < -0.3 is 5.32 Å². The van der Waals surface area contributed by atoms with Gasteiger partial charge in [0.1, 0.15) is 5.82 Å². The Balaban J connectivity index is 1.78. The second-order valence-corrected chi connectivity index (χ2v) is 6.16. The molecule has 0 bridgehead atoms. The summed E-state index contributed by atoms with van der Waals surface area (Å²) in [5.41, 5.74) is 1.44. The molecule has 3 rings (SSSR count). The number of halogens is 2. The predicted octanol–water partition coefficient (Wildman–Crippen LogP) is 5.46. The molecule has 1 amide bonds. The smallest absolute Gasteiger partial charge is 0.265 e. The minimum atomic E-state index is -0.293. The van der Waals surface area contributed by atoms with Crippen molar-refractivity contribution in [3.8, 4) is 10.4 Å². The van der Waals surface area contributed by atoms with Gasteiger partial charge in [-0.2, -0.15) is 0 Å². The molecule has 0 aliphatic carbocycles. The van der Waals surface area contributed by atoms with Crippen molar-refractivity contribution < 1.29 is 9.18 Å². The SMILES string of the molecule is O=C(Nc1ccc(Cl)cc1)c1ccc(-c2cccc(F)c2)s1. The lowest BCUT2D eigenvalue weighted by atomic mass is 10.2. The molecule has 0 aliphatic rings. The topological polar surface area (TPSA) is 29.1 Å². The fourth-order valence-corrected chi connectivity index (χ4v) is 3.01. The van der Waals surface area contributed by atoms with E-state index in [1.54, 1.807) is 36.4 Å². The first-order chi connectivity index (χ1) is 10.6. The van der Waals surface area contributed by atoms with Crippen molar-refractivity contribution in [2.45, 2.75) is 0 Å². The van der Waals surface area contributed by atoms with Gasteiger partial charge in [-0.1, -0.05) is 23.7 Å². The van der Waals surface area contributed by atoms with Crippen molar-refractivity contribution in [2.75, 3.05) is 5.32 Å². The molecule has 2 aromatic carbocycles. The van der Waals surface area contributed by atoms with Gasteiger partial charge in [-0.15, -0.1) is 11.3 Å². The van der Waals surface area contributed by atoms with Crippen molar-refractivity contribution >= 4 is 34.5 Å². The third-order valence-electron chi connectivity index (χ3n) is 3.04. The second kappa shape index (κ2) is 6.30. The maximum atomic E-state index is 13.3. The number of carbonyl (C=O) groups excluding carboxylic acids is 1. The highest BCUT2D eigenvalue weighted by atomic mass is 35.5. The summed E-state index contributed by atoms with van der Waals surface area (Å²) in [6, 6.07) is 16.8. The standard InChI is InChI=1S/C17H11ClFNOS/c18-12-4-6-14(7-5-12)20-17(21)16-9-8-15(22-16)11-2-1-3-13(19)10-11/h1-10H,(H,20,21). The first kappa shape index (κ1) is 14.8. The highest BCUT2D eigenvalue weighted by Gasteiger charge is 2.11. The van der Waals surface area contributed by atoms with Crippen LogP contribution in [-0.4, -0.2) is 5.91 Å². The Morgan fingerprint density at radius 2 is 1.82 bits per heavy atom. The van der Waals surface area contributed by atoms with Crippen LogP contribution in [0, 0.1) is 5.82 Å². The van der Waals surface area contributed by atoms with Crippen molar-refractivity contribution in [1.82, 2.24) is 0 Å². The Morgan fingerprint density at radius 1 is 1.05 bits per heavy atom. The van der Waals surface area contributed by atoms with E-state index in [-0.39, 0.29) is 11.7 Å². The zero-order valence-electron chi connectivity index (χ0n) is 11.3. The van der Waals surface area contributed by atoms with Gasteiger partial charge in [0.05, 0.1) is 4.88 Å². The van der Waals surface area contributed by atoms with Gasteiger partial charge in [-0.25, -0.2) is 4.39 Å². The molecule has 0 radical (unpaired) electrons. The molecule has 22 heavy (non-hydrogen) atoms. The van der Waals surface area contributed by atoms with Crippen molar-refractivity contribution in [3.63, 3.8) is 0 Å². The average Bonchev–Trinajstić information content (AvgIpc) is 3.00. The molecule has 0 saturated carbocycles. The summed E-state index contributed by atoms with van der Waals surface area (Å²) >= 11 is 7.13. The molecular formula is C17H11ClFNOS. The Labute approximate surface area is 136 Å². The number of thiophene rings is 1. The van der Waals surface area contributed by atoms with Crippen LogP contribution >= 0.6 is 22.9 Å². The van der Waals surface area contributed by atoms with E-state index < -0.39 is 0 Å². The number of amides is 1. The number of hydrogen-bond donors (Lipinski definition) is 1. The van der Waals surface area contributed by atoms with Crippen molar-refractivity contribution in [1.29, 1.82) is 0 Å². The zero-order chi connectivity index (χ0) is 15.5. The molecule has 3 aromatic rings. The normalized spacial score (nSPS) is 10.5. The molecule has 0 aliphatic heterocycles. The van der Waals surface area contributed by atoms with Crippen molar-refractivity contribution in [2.24, 2.45) is 0 Å². The Kier molecular flexibility index (Phi) is 4.22. The molecule has 110 valence electrons. The Bertz CT molecular complexity index is 814.